The lowest BCUT2D eigenvalue weighted by Gasteiger charge is -2.18. The van der Waals surface area contributed by atoms with Crippen molar-refractivity contribution in [2.45, 2.75) is 367 Å². The van der Waals surface area contributed by atoms with Crippen LogP contribution in [0, 0.1) is 0 Å². The second kappa shape index (κ2) is 66.6. The first kappa shape index (κ1) is 75.1. The van der Waals surface area contributed by atoms with Gasteiger partial charge in [0.25, 0.3) is 0 Å². The van der Waals surface area contributed by atoms with Crippen LogP contribution >= 0.6 is 0 Å². The molecule has 0 bridgehead atoms. The molecule has 0 aliphatic rings. The van der Waals surface area contributed by atoms with Crippen molar-refractivity contribution in [1.29, 1.82) is 0 Å². The van der Waals surface area contributed by atoms with E-state index in [0.717, 1.165) is 89.9 Å². The fourth-order valence-electron chi connectivity index (χ4n) is 10.1. The first-order valence-corrected chi connectivity index (χ1v) is 34.3. The molecule has 0 saturated carbocycles. The van der Waals surface area contributed by atoms with E-state index in [4.69, 9.17) is 14.2 Å². The minimum Gasteiger partial charge on any atom is -0.462 e. The van der Waals surface area contributed by atoms with Crippen LogP contribution in [0.2, 0.25) is 0 Å². The molecule has 454 valence electrons. The van der Waals surface area contributed by atoms with Crippen molar-refractivity contribution in [3.05, 3.63) is 60.8 Å². The molecule has 0 radical (unpaired) electrons. The fourth-order valence-corrected chi connectivity index (χ4v) is 10.1. The van der Waals surface area contributed by atoms with Gasteiger partial charge in [0, 0.05) is 19.3 Å². The highest BCUT2D eigenvalue weighted by Gasteiger charge is 2.19. The smallest absolute Gasteiger partial charge is 0.306 e. The third-order valence-corrected chi connectivity index (χ3v) is 15.3. The van der Waals surface area contributed by atoms with E-state index in [-0.39, 0.29) is 31.1 Å². The molecule has 0 spiro atoms. The van der Waals surface area contributed by atoms with E-state index in [1.54, 1.807) is 0 Å². The Labute approximate surface area is 485 Å². The van der Waals surface area contributed by atoms with Crippen LogP contribution in [0.5, 0.6) is 0 Å². The molecule has 0 aromatic rings. The van der Waals surface area contributed by atoms with Gasteiger partial charge in [-0.05, 0) is 83.5 Å². The van der Waals surface area contributed by atoms with Crippen LogP contribution < -0.4 is 0 Å². The fraction of sp³-hybridized carbons (Fsp3) is 0.819. The van der Waals surface area contributed by atoms with Gasteiger partial charge in [0.2, 0.25) is 0 Å². The van der Waals surface area contributed by atoms with E-state index in [1.165, 1.54) is 231 Å². The summed E-state index contributed by atoms with van der Waals surface area (Å²) in [5.41, 5.74) is 0. The highest BCUT2D eigenvalue weighted by atomic mass is 16.6. The van der Waals surface area contributed by atoms with Crippen LogP contribution in [0.3, 0.4) is 0 Å². The minimum atomic E-state index is -0.785. The second-order valence-corrected chi connectivity index (χ2v) is 23.1. The highest BCUT2D eigenvalue weighted by molar-refractivity contribution is 5.71. The Hall–Kier alpha value is -2.89. The topological polar surface area (TPSA) is 78.9 Å². The van der Waals surface area contributed by atoms with Crippen molar-refractivity contribution in [3.8, 4) is 0 Å². The van der Waals surface area contributed by atoms with Crippen molar-refractivity contribution in [1.82, 2.24) is 0 Å². The van der Waals surface area contributed by atoms with E-state index in [0.29, 0.717) is 19.3 Å². The van der Waals surface area contributed by atoms with Gasteiger partial charge < -0.3 is 14.2 Å². The number of hydrogen-bond acceptors (Lipinski definition) is 6. The van der Waals surface area contributed by atoms with E-state index < -0.39 is 6.10 Å². The molecule has 1 atom stereocenters. The average Bonchev–Trinajstić information content (AvgIpc) is 3.44. The Morgan fingerprint density at radius 2 is 0.500 bits per heavy atom. The number of esters is 3. The van der Waals surface area contributed by atoms with E-state index in [2.05, 4.69) is 81.5 Å². The Balaban J connectivity index is 4.24. The Morgan fingerprint density at radius 3 is 0.795 bits per heavy atom. The lowest BCUT2D eigenvalue weighted by atomic mass is 10.0. The zero-order valence-electron chi connectivity index (χ0n) is 52.2. The van der Waals surface area contributed by atoms with Crippen molar-refractivity contribution in [2.24, 2.45) is 0 Å². The van der Waals surface area contributed by atoms with Gasteiger partial charge in [-0.25, -0.2) is 0 Å². The number of ether oxygens (including phenoxy) is 3. The van der Waals surface area contributed by atoms with Crippen LogP contribution in [-0.4, -0.2) is 37.2 Å². The molecule has 0 rings (SSSR count). The van der Waals surface area contributed by atoms with Gasteiger partial charge in [-0.2, -0.15) is 0 Å². The van der Waals surface area contributed by atoms with E-state index in [1.807, 2.05) is 0 Å². The molecule has 0 heterocycles. The first-order chi connectivity index (χ1) is 38.5. The summed E-state index contributed by atoms with van der Waals surface area (Å²) < 4.78 is 16.9. The predicted molar refractivity (Wildman–Crippen MR) is 339 cm³/mol. The number of carbonyl (C=O) groups is 3. The third-order valence-electron chi connectivity index (χ3n) is 15.3. The summed E-state index contributed by atoms with van der Waals surface area (Å²) in [6.45, 7) is 6.55. The Kier molecular flexibility index (Phi) is 64.2. The molecule has 6 heteroatoms. The molecule has 1 unspecified atom stereocenters. The normalized spacial score (nSPS) is 12.4. The van der Waals surface area contributed by atoms with Gasteiger partial charge in [-0.1, -0.05) is 319 Å². The molecule has 0 N–H and O–H groups in total. The molecule has 0 aliphatic carbocycles. The van der Waals surface area contributed by atoms with Crippen molar-refractivity contribution >= 4 is 17.9 Å². The summed E-state index contributed by atoms with van der Waals surface area (Å²) in [7, 11) is 0. The molecule has 0 aliphatic heterocycles. The van der Waals surface area contributed by atoms with E-state index in [9.17, 15) is 14.4 Å². The quantitative estimate of drug-likeness (QED) is 0.0261. The SMILES string of the molecule is CC/C=C\C/C=C\C/C=C\CCCCCC(=O)OCC(COC(=O)CCCCCCCCCCCCCCCCC/C=C\C/C=C\CCCCCCC)OC(=O)CCCCCCCCCCCCCCCCCCCCCC. The summed E-state index contributed by atoms with van der Waals surface area (Å²) in [4.78, 5) is 38.4. The van der Waals surface area contributed by atoms with Gasteiger partial charge in [-0.3, -0.25) is 14.4 Å². The third kappa shape index (κ3) is 63.9. The van der Waals surface area contributed by atoms with Gasteiger partial charge >= 0.3 is 17.9 Å². The Bertz CT molecular complexity index is 1390. The summed E-state index contributed by atoms with van der Waals surface area (Å²) >= 11 is 0. The highest BCUT2D eigenvalue weighted by Crippen LogP contribution is 2.18. The first-order valence-electron chi connectivity index (χ1n) is 34.3. The maximum Gasteiger partial charge on any atom is 0.306 e. The molecule has 6 nitrogen and oxygen atoms in total. The summed E-state index contributed by atoms with van der Waals surface area (Å²) in [6.07, 6.45) is 85.4. The Morgan fingerprint density at radius 1 is 0.269 bits per heavy atom. The van der Waals surface area contributed by atoms with Gasteiger partial charge in [0.1, 0.15) is 13.2 Å². The van der Waals surface area contributed by atoms with Crippen LogP contribution in [0.4, 0.5) is 0 Å². The largest absolute Gasteiger partial charge is 0.462 e. The predicted octanol–water partition coefficient (Wildman–Crippen LogP) is 23.5. The van der Waals surface area contributed by atoms with Crippen LogP contribution in [-0.2, 0) is 28.6 Å². The number of carbonyl (C=O) groups excluding carboxylic acids is 3. The van der Waals surface area contributed by atoms with Crippen molar-refractivity contribution in [3.63, 3.8) is 0 Å². The molecule has 0 aromatic heterocycles. The number of unbranched alkanes of at least 4 members (excludes halogenated alkanes) is 42. The average molecular weight is 1090 g/mol. The maximum absolute atomic E-state index is 12.9. The standard InChI is InChI=1S/C72H130O6/c1-4-7-10-13-16-19-22-25-27-29-31-33-34-35-36-37-38-39-41-42-44-47-50-53-56-59-62-65-71(74)77-68-69(67-76-70(73)64-61-58-55-52-49-46-24-21-18-15-12-9-6-3)78-72(75)66-63-60-57-54-51-48-45-43-40-32-30-28-26-23-20-17-14-11-8-5-2/h9,12,18,21-22,25,29,31,46,49,69H,4-8,10-11,13-17,19-20,23-24,26-28,30,32-45,47-48,50-68H2,1-3H3/b12-9-,21-18-,25-22-,31-29-,49-46-. The molecular weight excluding hydrogens is 961 g/mol. The lowest BCUT2D eigenvalue weighted by molar-refractivity contribution is -0.167. The number of rotatable bonds is 63. The van der Waals surface area contributed by atoms with Gasteiger partial charge in [0.05, 0.1) is 0 Å². The number of allylic oxidation sites excluding steroid dienone is 10. The monoisotopic (exact) mass is 1090 g/mol. The molecule has 0 fully saturated rings. The van der Waals surface area contributed by atoms with Crippen molar-refractivity contribution in [2.75, 3.05) is 13.2 Å². The maximum atomic E-state index is 12.9. The zero-order valence-corrected chi connectivity index (χ0v) is 52.2. The summed E-state index contributed by atoms with van der Waals surface area (Å²) in [5.74, 6) is -0.888. The lowest BCUT2D eigenvalue weighted by Crippen LogP contribution is -2.30. The minimum absolute atomic E-state index is 0.0796. The molecule has 0 aromatic carbocycles. The summed E-state index contributed by atoms with van der Waals surface area (Å²) in [6, 6.07) is 0. The molecular formula is C72H130O6. The second-order valence-electron chi connectivity index (χ2n) is 23.1. The van der Waals surface area contributed by atoms with Crippen LogP contribution in [0.15, 0.2) is 60.8 Å². The number of hydrogen-bond donors (Lipinski definition) is 0. The van der Waals surface area contributed by atoms with Gasteiger partial charge in [-0.15, -0.1) is 0 Å². The van der Waals surface area contributed by atoms with Gasteiger partial charge in [0.15, 0.2) is 6.10 Å². The molecule has 78 heavy (non-hydrogen) atoms. The molecule has 0 saturated heterocycles. The van der Waals surface area contributed by atoms with Crippen LogP contribution in [0.1, 0.15) is 361 Å². The van der Waals surface area contributed by atoms with Crippen molar-refractivity contribution < 1.29 is 28.6 Å². The zero-order chi connectivity index (χ0) is 56.4. The summed E-state index contributed by atoms with van der Waals surface area (Å²) in [5, 5.41) is 0. The van der Waals surface area contributed by atoms with E-state index >= 15 is 0 Å². The molecule has 0 amide bonds. The van der Waals surface area contributed by atoms with Crippen LogP contribution in [0.25, 0.3) is 0 Å².